The van der Waals surface area contributed by atoms with Crippen LogP contribution < -0.4 is 5.56 Å². The number of thioether (sulfide) groups is 1. The molecule has 4 heterocycles. The minimum atomic E-state index is 0.122. The second-order valence-corrected chi connectivity index (χ2v) is 9.49. The molecular formula is C21H22N4OS2. The maximum Gasteiger partial charge on any atom is 0.263 e. The molecule has 0 bridgehead atoms. The van der Waals surface area contributed by atoms with Gasteiger partial charge in [-0.1, -0.05) is 24.8 Å². The zero-order chi connectivity index (χ0) is 19.3. The van der Waals surface area contributed by atoms with Crippen molar-refractivity contribution in [3.8, 4) is 0 Å². The average Bonchev–Trinajstić information content (AvgIpc) is 3.26. The van der Waals surface area contributed by atoms with Crippen LogP contribution in [0.1, 0.15) is 36.4 Å². The molecule has 1 atom stereocenters. The summed E-state index contributed by atoms with van der Waals surface area (Å²) in [5.41, 5.74) is 3.31. The first-order chi connectivity index (χ1) is 13.6. The van der Waals surface area contributed by atoms with Crippen LogP contribution >= 0.6 is 23.1 Å². The van der Waals surface area contributed by atoms with Gasteiger partial charge in [0.1, 0.15) is 10.5 Å². The molecule has 0 spiro atoms. The fourth-order valence-corrected chi connectivity index (χ4v) is 6.36. The molecule has 1 aliphatic carbocycles. The minimum Gasteiger partial charge on any atom is -0.307 e. The van der Waals surface area contributed by atoms with E-state index in [9.17, 15) is 4.79 Å². The first-order valence-electron chi connectivity index (χ1n) is 9.74. The predicted molar refractivity (Wildman–Crippen MR) is 115 cm³/mol. The van der Waals surface area contributed by atoms with Crippen molar-refractivity contribution in [2.24, 2.45) is 5.92 Å². The third-order valence-corrected chi connectivity index (χ3v) is 7.62. The lowest BCUT2D eigenvalue weighted by atomic mass is 9.89. The Balaban J connectivity index is 1.52. The largest absolute Gasteiger partial charge is 0.307 e. The molecule has 0 aliphatic heterocycles. The molecule has 0 saturated heterocycles. The van der Waals surface area contributed by atoms with Gasteiger partial charge in [-0.15, -0.1) is 11.3 Å². The summed E-state index contributed by atoms with van der Waals surface area (Å²) in [7, 11) is 0. The Morgan fingerprint density at radius 1 is 1.32 bits per heavy atom. The molecule has 144 valence electrons. The van der Waals surface area contributed by atoms with Crippen LogP contribution in [0.15, 0.2) is 40.5 Å². The van der Waals surface area contributed by atoms with Crippen LogP contribution in [0.25, 0.3) is 15.9 Å². The number of aryl methyl sites for hydroxylation is 1. The molecule has 5 rings (SSSR count). The van der Waals surface area contributed by atoms with Gasteiger partial charge in [0.2, 0.25) is 0 Å². The van der Waals surface area contributed by atoms with Gasteiger partial charge < -0.3 is 4.40 Å². The summed E-state index contributed by atoms with van der Waals surface area (Å²) in [4.78, 5) is 25.1. The first kappa shape index (κ1) is 17.9. The number of imidazole rings is 1. The van der Waals surface area contributed by atoms with Gasteiger partial charge in [-0.3, -0.25) is 9.36 Å². The first-order valence-corrected chi connectivity index (χ1v) is 11.5. The van der Waals surface area contributed by atoms with E-state index < -0.39 is 0 Å². The van der Waals surface area contributed by atoms with Crippen molar-refractivity contribution in [3.05, 3.63) is 57.1 Å². The van der Waals surface area contributed by atoms with Crippen LogP contribution in [-0.2, 0) is 25.1 Å². The number of aromatic nitrogens is 4. The third-order valence-electron chi connectivity index (χ3n) is 5.46. The molecule has 7 heteroatoms. The van der Waals surface area contributed by atoms with E-state index in [-0.39, 0.29) is 5.56 Å². The van der Waals surface area contributed by atoms with Crippen molar-refractivity contribution < 1.29 is 0 Å². The van der Waals surface area contributed by atoms with Crippen LogP contribution in [0.4, 0.5) is 0 Å². The predicted octanol–water partition coefficient (Wildman–Crippen LogP) is 4.54. The Bertz CT molecular complexity index is 1200. The van der Waals surface area contributed by atoms with E-state index in [1.165, 1.54) is 10.4 Å². The molecule has 28 heavy (non-hydrogen) atoms. The Kier molecular flexibility index (Phi) is 4.51. The molecular weight excluding hydrogens is 388 g/mol. The van der Waals surface area contributed by atoms with E-state index in [1.807, 2.05) is 46.5 Å². The highest BCUT2D eigenvalue weighted by molar-refractivity contribution is 7.98. The lowest BCUT2D eigenvalue weighted by molar-refractivity contribution is 0.509. The summed E-state index contributed by atoms with van der Waals surface area (Å²) in [6.07, 6.45) is 7.28. The molecule has 0 saturated carbocycles. The standard InChI is InChI=1S/C21H22N4OS2/c1-3-25-20(26)18-15-8-7-13(2)10-16(15)28-19(18)23-21(25)27-12-14-11-24-9-5-4-6-17(24)22-14/h4-6,9,11,13H,3,7-8,10,12H2,1-2H3. The number of nitrogens with zero attached hydrogens (tertiary/aromatic N) is 4. The number of pyridine rings is 1. The maximum atomic E-state index is 13.2. The fourth-order valence-electron chi connectivity index (χ4n) is 3.99. The second-order valence-electron chi connectivity index (χ2n) is 7.46. The zero-order valence-corrected chi connectivity index (χ0v) is 17.6. The summed E-state index contributed by atoms with van der Waals surface area (Å²) in [5, 5.41) is 1.66. The molecule has 4 aromatic heterocycles. The monoisotopic (exact) mass is 410 g/mol. The van der Waals surface area contributed by atoms with Gasteiger partial charge >= 0.3 is 0 Å². The Morgan fingerprint density at radius 3 is 3.04 bits per heavy atom. The van der Waals surface area contributed by atoms with Crippen molar-refractivity contribution >= 4 is 39.0 Å². The van der Waals surface area contributed by atoms with Gasteiger partial charge in [0, 0.05) is 29.6 Å². The van der Waals surface area contributed by atoms with Gasteiger partial charge in [-0.05, 0) is 49.8 Å². The van der Waals surface area contributed by atoms with Crippen molar-refractivity contribution in [2.75, 3.05) is 0 Å². The zero-order valence-electron chi connectivity index (χ0n) is 16.0. The smallest absolute Gasteiger partial charge is 0.263 e. The lowest BCUT2D eigenvalue weighted by Gasteiger charge is -2.17. The number of hydrogen-bond donors (Lipinski definition) is 0. The van der Waals surface area contributed by atoms with E-state index >= 15 is 0 Å². The average molecular weight is 411 g/mol. The Labute approximate surface area is 171 Å². The van der Waals surface area contributed by atoms with E-state index in [0.29, 0.717) is 18.2 Å². The molecule has 5 nitrogen and oxygen atoms in total. The lowest BCUT2D eigenvalue weighted by Crippen LogP contribution is -2.23. The molecule has 0 amide bonds. The summed E-state index contributed by atoms with van der Waals surface area (Å²) in [6, 6.07) is 5.98. The fraction of sp³-hybridized carbons (Fsp3) is 0.381. The highest BCUT2D eigenvalue weighted by Crippen LogP contribution is 2.36. The number of hydrogen-bond acceptors (Lipinski definition) is 5. The van der Waals surface area contributed by atoms with Crippen LogP contribution in [0.5, 0.6) is 0 Å². The highest BCUT2D eigenvalue weighted by atomic mass is 32.2. The number of thiophene rings is 1. The minimum absolute atomic E-state index is 0.122. The molecule has 0 aromatic carbocycles. The van der Waals surface area contributed by atoms with E-state index in [0.717, 1.165) is 46.0 Å². The summed E-state index contributed by atoms with van der Waals surface area (Å²) in [6.45, 7) is 4.95. The molecule has 1 unspecified atom stereocenters. The molecule has 0 fully saturated rings. The van der Waals surface area contributed by atoms with Gasteiger partial charge in [0.05, 0.1) is 11.1 Å². The third kappa shape index (κ3) is 2.97. The summed E-state index contributed by atoms with van der Waals surface area (Å²) >= 11 is 3.32. The molecule has 0 radical (unpaired) electrons. The SMILES string of the molecule is CCn1c(SCc2cn3ccccc3n2)nc2sc3c(c2c1=O)CCC(C)C3. The van der Waals surface area contributed by atoms with E-state index in [2.05, 4.69) is 11.9 Å². The van der Waals surface area contributed by atoms with Crippen LogP contribution in [0, 0.1) is 5.92 Å². The summed E-state index contributed by atoms with van der Waals surface area (Å²) < 4.78 is 3.85. The van der Waals surface area contributed by atoms with Gasteiger partial charge in [0.25, 0.3) is 5.56 Å². The van der Waals surface area contributed by atoms with E-state index in [4.69, 9.17) is 4.98 Å². The van der Waals surface area contributed by atoms with E-state index in [1.54, 1.807) is 23.1 Å². The quantitative estimate of drug-likeness (QED) is 0.366. The molecule has 0 N–H and O–H groups in total. The van der Waals surface area contributed by atoms with Crippen molar-refractivity contribution in [1.82, 2.24) is 18.9 Å². The maximum absolute atomic E-state index is 13.2. The van der Waals surface area contributed by atoms with Gasteiger partial charge in [0.15, 0.2) is 5.16 Å². The Morgan fingerprint density at radius 2 is 2.21 bits per heavy atom. The number of rotatable bonds is 4. The highest BCUT2D eigenvalue weighted by Gasteiger charge is 2.24. The number of fused-ring (bicyclic) bond motifs is 4. The topological polar surface area (TPSA) is 52.2 Å². The van der Waals surface area contributed by atoms with Gasteiger partial charge in [-0.2, -0.15) is 0 Å². The summed E-state index contributed by atoms with van der Waals surface area (Å²) in [5.74, 6) is 1.39. The molecule has 4 aromatic rings. The molecule has 1 aliphatic rings. The van der Waals surface area contributed by atoms with Crippen LogP contribution in [-0.4, -0.2) is 18.9 Å². The van der Waals surface area contributed by atoms with Crippen molar-refractivity contribution in [3.63, 3.8) is 0 Å². The van der Waals surface area contributed by atoms with Crippen molar-refractivity contribution in [1.29, 1.82) is 0 Å². The Hall–Kier alpha value is -2.12. The van der Waals surface area contributed by atoms with Crippen LogP contribution in [0.2, 0.25) is 0 Å². The second kappa shape index (κ2) is 7.04. The normalized spacial score (nSPS) is 16.7. The van der Waals surface area contributed by atoms with Gasteiger partial charge in [-0.25, -0.2) is 9.97 Å². The van der Waals surface area contributed by atoms with Crippen molar-refractivity contribution in [2.45, 2.75) is 50.6 Å². The van der Waals surface area contributed by atoms with Crippen LogP contribution in [0.3, 0.4) is 0 Å².